The average molecular weight is 163 g/mol. The van der Waals surface area contributed by atoms with E-state index in [4.69, 9.17) is 0 Å². The van der Waals surface area contributed by atoms with Crippen molar-refractivity contribution in [2.24, 2.45) is 0 Å². The molecule has 1 N–H and O–H groups in total. The van der Waals surface area contributed by atoms with Gasteiger partial charge in [0.05, 0.1) is 6.61 Å². The van der Waals surface area contributed by atoms with E-state index in [1.54, 1.807) is 6.20 Å². The highest BCUT2D eigenvalue weighted by atomic mass is 16.3. The molecule has 0 bridgehead atoms. The van der Waals surface area contributed by atoms with Crippen molar-refractivity contribution >= 4 is 0 Å². The summed E-state index contributed by atoms with van der Waals surface area (Å²) in [5, 5.41) is 9.26. The maximum Gasteiger partial charge on any atom is 0.0528 e. The van der Waals surface area contributed by atoms with Crippen molar-refractivity contribution in [3.8, 4) is 0 Å². The van der Waals surface area contributed by atoms with Gasteiger partial charge in [0.2, 0.25) is 0 Å². The molecule has 1 aromatic heterocycles. The number of aliphatic hydroxyl groups excluding tert-OH is 1. The number of rotatable bonds is 2. The van der Waals surface area contributed by atoms with Gasteiger partial charge in [0, 0.05) is 17.8 Å². The molecule has 1 aliphatic rings. The summed E-state index contributed by atoms with van der Waals surface area (Å²) in [7, 11) is 0. The minimum Gasteiger partial charge on any atom is -0.395 e. The van der Waals surface area contributed by atoms with Crippen molar-refractivity contribution in [1.82, 2.24) is 4.98 Å². The Morgan fingerprint density at radius 2 is 2.33 bits per heavy atom. The summed E-state index contributed by atoms with van der Waals surface area (Å²) in [6.45, 7) is 0.263. The molecule has 1 heterocycles. The summed E-state index contributed by atoms with van der Waals surface area (Å²) >= 11 is 0. The number of nitrogens with zero attached hydrogens (tertiary/aromatic N) is 1. The Kier molecular flexibility index (Phi) is 1.85. The van der Waals surface area contributed by atoms with Crippen molar-refractivity contribution in [2.75, 3.05) is 6.61 Å². The zero-order valence-electron chi connectivity index (χ0n) is 7.03. The Hall–Kier alpha value is -0.890. The summed E-state index contributed by atoms with van der Waals surface area (Å²) in [5.41, 5.74) is 1.24. The Morgan fingerprint density at radius 3 is 2.75 bits per heavy atom. The van der Waals surface area contributed by atoms with Gasteiger partial charge in [-0.25, -0.2) is 0 Å². The van der Waals surface area contributed by atoms with Gasteiger partial charge < -0.3 is 5.11 Å². The summed E-state index contributed by atoms with van der Waals surface area (Å²) < 4.78 is 0. The van der Waals surface area contributed by atoms with E-state index in [-0.39, 0.29) is 12.0 Å². The third-order valence-electron chi connectivity index (χ3n) is 2.89. The van der Waals surface area contributed by atoms with Gasteiger partial charge in [-0.05, 0) is 24.5 Å². The van der Waals surface area contributed by atoms with E-state index < -0.39 is 0 Å². The lowest BCUT2D eigenvalue weighted by Gasteiger charge is -2.40. The molecular formula is C10H13NO. The van der Waals surface area contributed by atoms with Crippen LogP contribution in [0.5, 0.6) is 0 Å². The van der Waals surface area contributed by atoms with E-state index in [0.29, 0.717) is 0 Å². The zero-order chi connectivity index (χ0) is 8.44. The molecule has 1 fully saturated rings. The van der Waals surface area contributed by atoms with Crippen LogP contribution in [0.25, 0.3) is 0 Å². The van der Waals surface area contributed by atoms with E-state index in [0.717, 1.165) is 12.8 Å². The molecule has 64 valence electrons. The number of aromatic nitrogens is 1. The number of pyridine rings is 1. The lowest BCUT2D eigenvalue weighted by molar-refractivity contribution is 0.120. The first kappa shape index (κ1) is 7.74. The first-order valence-corrected chi connectivity index (χ1v) is 4.39. The van der Waals surface area contributed by atoms with Gasteiger partial charge in [-0.15, -0.1) is 0 Å². The first-order valence-electron chi connectivity index (χ1n) is 4.39. The van der Waals surface area contributed by atoms with Crippen molar-refractivity contribution < 1.29 is 5.11 Å². The standard InChI is InChI=1S/C10H13NO/c12-8-10(4-2-5-10)9-3-1-6-11-7-9/h1,3,6-7,12H,2,4-5,8H2. The zero-order valence-corrected chi connectivity index (χ0v) is 7.03. The molecule has 2 nitrogen and oxygen atoms in total. The van der Waals surface area contributed by atoms with E-state index >= 15 is 0 Å². The second kappa shape index (κ2) is 2.87. The lowest BCUT2D eigenvalue weighted by Crippen LogP contribution is -2.37. The molecule has 0 unspecified atom stereocenters. The Bertz CT molecular complexity index is 248. The van der Waals surface area contributed by atoms with Gasteiger partial charge in [-0.3, -0.25) is 4.98 Å². The highest BCUT2D eigenvalue weighted by Crippen LogP contribution is 2.42. The van der Waals surface area contributed by atoms with E-state index in [9.17, 15) is 5.11 Å². The Labute approximate surface area is 72.3 Å². The van der Waals surface area contributed by atoms with Crippen molar-refractivity contribution in [1.29, 1.82) is 0 Å². The van der Waals surface area contributed by atoms with Gasteiger partial charge in [-0.1, -0.05) is 12.5 Å². The van der Waals surface area contributed by atoms with Crippen molar-refractivity contribution in [2.45, 2.75) is 24.7 Å². The predicted molar refractivity (Wildman–Crippen MR) is 46.9 cm³/mol. The molecule has 12 heavy (non-hydrogen) atoms. The van der Waals surface area contributed by atoms with Crippen LogP contribution in [0.2, 0.25) is 0 Å². The van der Waals surface area contributed by atoms with E-state index in [1.807, 2.05) is 12.3 Å². The Morgan fingerprint density at radius 1 is 1.50 bits per heavy atom. The monoisotopic (exact) mass is 163 g/mol. The molecule has 0 atom stereocenters. The number of hydrogen-bond acceptors (Lipinski definition) is 2. The fraction of sp³-hybridized carbons (Fsp3) is 0.500. The molecule has 0 saturated heterocycles. The maximum atomic E-state index is 9.26. The fourth-order valence-electron chi connectivity index (χ4n) is 1.82. The third-order valence-corrected chi connectivity index (χ3v) is 2.89. The summed E-state index contributed by atoms with van der Waals surface area (Å²) in [6.07, 6.45) is 7.09. The number of hydrogen-bond donors (Lipinski definition) is 1. The molecule has 2 rings (SSSR count). The summed E-state index contributed by atoms with van der Waals surface area (Å²) in [4.78, 5) is 4.07. The first-order chi connectivity index (χ1) is 5.87. The van der Waals surface area contributed by atoms with Gasteiger partial charge >= 0.3 is 0 Å². The minimum atomic E-state index is 0.0499. The van der Waals surface area contributed by atoms with Crippen LogP contribution in [0.4, 0.5) is 0 Å². The van der Waals surface area contributed by atoms with Crippen LogP contribution in [-0.4, -0.2) is 16.7 Å². The molecule has 0 radical (unpaired) electrons. The molecule has 1 aromatic rings. The average Bonchev–Trinajstić information content (AvgIpc) is 2.05. The van der Waals surface area contributed by atoms with Gasteiger partial charge in [-0.2, -0.15) is 0 Å². The predicted octanol–water partition coefficient (Wildman–Crippen LogP) is 1.50. The topological polar surface area (TPSA) is 33.1 Å². The van der Waals surface area contributed by atoms with Crippen LogP contribution in [0.3, 0.4) is 0 Å². The van der Waals surface area contributed by atoms with Crippen LogP contribution in [0, 0.1) is 0 Å². The van der Waals surface area contributed by atoms with Gasteiger partial charge in [0.15, 0.2) is 0 Å². The Balaban J connectivity index is 2.28. The highest BCUT2D eigenvalue weighted by molar-refractivity contribution is 5.24. The molecule has 1 aliphatic carbocycles. The molecule has 2 heteroatoms. The summed E-state index contributed by atoms with van der Waals surface area (Å²) in [6, 6.07) is 3.99. The molecule has 0 spiro atoms. The van der Waals surface area contributed by atoms with Crippen LogP contribution in [0.1, 0.15) is 24.8 Å². The van der Waals surface area contributed by atoms with Crippen LogP contribution in [0.15, 0.2) is 24.5 Å². The van der Waals surface area contributed by atoms with Crippen LogP contribution >= 0.6 is 0 Å². The van der Waals surface area contributed by atoms with Gasteiger partial charge in [0.25, 0.3) is 0 Å². The third kappa shape index (κ3) is 1.03. The minimum absolute atomic E-state index is 0.0499. The lowest BCUT2D eigenvalue weighted by atomic mass is 9.65. The fourth-order valence-corrected chi connectivity index (χ4v) is 1.82. The smallest absolute Gasteiger partial charge is 0.0528 e. The van der Waals surface area contributed by atoms with Gasteiger partial charge in [0.1, 0.15) is 0 Å². The normalized spacial score (nSPS) is 20.1. The van der Waals surface area contributed by atoms with E-state index in [2.05, 4.69) is 11.1 Å². The van der Waals surface area contributed by atoms with Crippen molar-refractivity contribution in [3.05, 3.63) is 30.1 Å². The molecule has 0 aliphatic heterocycles. The quantitative estimate of drug-likeness (QED) is 0.716. The summed E-state index contributed by atoms with van der Waals surface area (Å²) in [5.74, 6) is 0. The van der Waals surface area contributed by atoms with Crippen molar-refractivity contribution in [3.63, 3.8) is 0 Å². The molecule has 1 saturated carbocycles. The second-order valence-electron chi connectivity index (χ2n) is 3.53. The second-order valence-corrected chi connectivity index (χ2v) is 3.53. The molecule has 0 amide bonds. The highest BCUT2D eigenvalue weighted by Gasteiger charge is 2.37. The largest absolute Gasteiger partial charge is 0.395 e. The number of aliphatic hydroxyl groups is 1. The van der Waals surface area contributed by atoms with E-state index in [1.165, 1.54) is 12.0 Å². The van der Waals surface area contributed by atoms with Crippen LogP contribution < -0.4 is 0 Å². The molecule has 0 aromatic carbocycles. The SMILES string of the molecule is OCC1(c2cccnc2)CCC1. The van der Waals surface area contributed by atoms with Crippen LogP contribution in [-0.2, 0) is 5.41 Å². The molecular weight excluding hydrogens is 150 g/mol. The maximum absolute atomic E-state index is 9.26.